The van der Waals surface area contributed by atoms with E-state index in [2.05, 4.69) is 21.0 Å². The van der Waals surface area contributed by atoms with Gasteiger partial charge in [-0.3, -0.25) is 9.36 Å². The summed E-state index contributed by atoms with van der Waals surface area (Å²) in [6.45, 7) is 3.47. The van der Waals surface area contributed by atoms with Gasteiger partial charge in [-0.2, -0.15) is 5.10 Å². The van der Waals surface area contributed by atoms with Crippen LogP contribution in [-0.4, -0.2) is 39.9 Å². The predicted molar refractivity (Wildman–Crippen MR) is 106 cm³/mol. The molecule has 1 aliphatic heterocycles. The molecule has 2 heterocycles. The predicted octanol–water partition coefficient (Wildman–Crippen LogP) is 1.26. The van der Waals surface area contributed by atoms with Crippen molar-refractivity contribution < 1.29 is 9.59 Å². The van der Waals surface area contributed by atoms with E-state index >= 15 is 0 Å². The maximum absolute atomic E-state index is 12.3. The Bertz CT molecular complexity index is 930. The van der Waals surface area contributed by atoms with Crippen LogP contribution in [0.25, 0.3) is 0 Å². The maximum atomic E-state index is 12.3. The highest BCUT2D eigenvalue weighted by molar-refractivity contribution is 5.96. The Balaban J connectivity index is 1.47. The molecule has 0 saturated heterocycles. The summed E-state index contributed by atoms with van der Waals surface area (Å²) in [5, 5.41) is 12.5. The average Bonchev–Trinajstić information content (AvgIpc) is 3.02. The van der Waals surface area contributed by atoms with E-state index in [9.17, 15) is 14.4 Å². The Labute approximate surface area is 163 Å². The van der Waals surface area contributed by atoms with Crippen LogP contribution in [0.4, 0.5) is 10.5 Å². The van der Waals surface area contributed by atoms with Gasteiger partial charge in [-0.05, 0) is 49.9 Å². The lowest BCUT2D eigenvalue weighted by atomic mass is 10.1. The molecule has 1 aromatic carbocycles. The van der Waals surface area contributed by atoms with Crippen molar-refractivity contribution >= 4 is 17.6 Å². The molecule has 0 spiro atoms. The molecule has 1 aromatic heterocycles. The van der Waals surface area contributed by atoms with E-state index in [-0.39, 0.29) is 17.6 Å². The molecular formula is C19H26N6O3. The molecule has 2 aromatic rings. The highest BCUT2D eigenvalue weighted by Crippen LogP contribution is 2.16. The quantitative estimate of drug-likeness (QED) is 0.649. The lowest BCUT2D eigenvalue weighted by Crippen LogP contribution is -2.32. The molecule has 28 heavy (non-hydrogen) atoms. The smallest absolute Gasteiger partial charge is 0.345 e. The Morgan fingerprint density at radius 1 is 1.25 bits per heavy atom. The van der Waals surface area contributed by atoms with Gasteiger partial charge in [0.1, 0.15) is 5.82 Å². The summed E-state index contributed by atoms with van der Waals surface area (Å²) in [6.07, 6.45) is 3.55. The van der Waals surface area contributed by atoms with E-state index in [1.807, 2.05) is 6.92 Å². The van der Waals surface area contributed by atoms with Crippen LogP contribution in [0.3, 0.4) is 0 Å². The first-order valence-corrected chi connectivity index (χ1v) is 9.53. The van der Waals surface area contributed by atoms with Gasteiger partial charge < -0.3 is 16.0 Å². The number of aromatic nitrogens is 3. The summed E-state index contributed by atoms with van der Waals surface area (Å²) in [5.74, 6) is 0.688. The number of benzene rings is 1. The molecule has 1 aliphatic rings. The molecule has 150 valence electrons. The van der Waals surface area contributed by atoms with Crippen molar-refractivity contribution in [1.82, 2.24) is 25.0 Å². The zero-order chi connectivity index (χ0) is 20.1. The van der Waals surface area contributed by atoms with Gasteiger partial charge in [-0.25, -0.2) is 14.3 Å². The van der Waals surface area contributed by atoms with Crippen LogP contribution in [0.1, 0.15) is 41.0 Å². The van der Waals surface area contributed by atoms with Crippen molar-refractivity contribution in [3.63, 3.8) is 0 Å². The van der Waals surface area contributed by atoms with Crippen LogP contribution >= 0.6 is 0 Å². The second-order valence-corrected chi connectivity index (χ2v) is 6.87. The van der Waals surface area contributed by atoms with Crippen molar-refractivity contribution in [1.29, 1.82) is 0 Å². The Morgan fingerprint density at radius 2 is 2.07 bits per heavy atom. The monoisotopic (exact) mass is 386 g/mol. The normalized spacial score (nSPS) is 12.9. The number of aryl methyl sites for hydroxylation is 3. The fraction of sp³-hybridized carbons (Fsp3) is 0.474. The zero-order valence-electron chi connectivity index (χ0n) is 16.2. The van der Waals surface area contributed by atoms with Gasteiger partial charge in [0.2, 0.25) is 0 Å². The Kier molecular flexibility index (Phi) is 6.13. The van der Waals surface area contributed by atoms with Crippen LogP contribution < -0.4 is 21.6 Å². The molecular weight excluding hydrogens is 360 g/mol. The molecule has 0 atom stereocenters. The fourth-order valence-corrected chi connectivity index (χ4v) is 3.28. The van der Waals surface area contributed by atoms with Crippen molar-refractivity contribution in [2.24, 2.45) is 0 Å². The standard InChI is InChI=1S/C19H26N6O3/c1-13-12-14(17(26)20-2)7-8-15(13)22-18(27)21-9-5-11-25-19(28)24-10-4-3-6-16(24)23-25/h7-8,12H,3-6,9-11H2,1-2H3,(H,20,26)(H2,21,22,27). The van der Waals surface area contributed by atoms with Crippen LogP contribution in [0, 0.1) is 6.92 Å². The molecule has 0 radical (unpaired) electrons. The average molecular weight is 386 g/mol. The number of carbonyl (C=O) groups excluding carboxylic acids is 2. The third kappa shape index (κ3) is 4.41. The van der Waals surface area contributed by atoms with Crippen LogP contribution in [0.5, 0.6) is 0 Å². The second kappa shape index (κ2) is 8.73. The molecule has 0 unspecified atom stereocenters. The van der Waals surface area contributed by atoms with E-state index in [1.165, 1.54) is 4.68 Å². The second-order valence-electron chi connectivity index (χ2n) is 6.87. The van der Waals surface area contributed by atoms with Crippen molar-refractivity contribution in [3.8, 4) is 0 Å². The number of fused-ring (bicyclic) bond motifs is 1. The minimum absolute atomic E-state index is 0.0639. The number of carbonyl (C=O) groups is 2. The first kappa shape index (κ1) is 19.7. The third-order valence-corrected chi connectivity index (χ3v) is 4.83. The minimum Gasteiger partial charge on any atom is -0.355 e. The Hall–Kier alpha value is -3.10. The van der Waals surface area contributed by atoms with Gasteiger partial charge in [0.05, 0.1) is 0 Å². The summed E-state index contributed by atoms with van der Waals surface area (Å²) in [6, 6.07) is 4.76. The molecule has 0 fully saturated rings. The van der Waals surface area contributed by atoms with Gasteiger partial charge >= 0.3 is 11.7 Å². The molecule has 0 saturated carbocycles. The number of urea groups is 1. The molecule has 0 bridgehead atoms. The van der Waals surface area contributed by atoms with Gasteiger partial charge in [-0.1, -0.05) is 0 Å². The number of nitrogens with one attached hydrogen (secondary N) is 3. The van der Waals surface area contributed by atoms with E-state index < -0.39 is 0 Å². The van der Waals surface area contributed by atoms with Crippen molar-refractivity contribution in [2.75, 3.05) is 18.9 Å². The number of rotatable bonds is 6. The van der Waals surface area contributed by atoms with Gasteiger partial charge in [0, 0.05) is 44.4 Å². The Morgan fingerprint density at radius 3 is 2.79 bits per heavy atom. The molecule has 3 N–H and O–H groups in total. The number of amides is 3. The molecule has 9 heteroatoms. The minimum atomic E-state index is -0.327. The maximum Gasteiger partial charge on any atom is 0.345 e. The van der Waals surface area contributed by atoms with E-state index in [0.717, 1.165) is 37.2 Å². The van der Waals surface area contributed by atoms with Crippen LogP contribution in [-0.2, 0) is 19.5 Å². The topological polar surface area (TPSA) is 110 Å². The number of hydrogen-bond donors (Lipinski definition) is 3. The summed E-state index contributed by atoms with van der Waals surface area (Å²) in [5.41, 5.74) is 1.92. The lowest BCUT2D eigenvalue weighted by Gasteiger charge is -2.11. The van der Waals surface area contributed by atoms with E-state index in [4.69, 9.17) is 0 Å². The number of nitrogens with zero attached hydrogens (tertiary/aromatic N) is 3. The molecule has 3 amide bonds. The van der Waals surface area contributed by atoms with Crippen molar-refractivity contribution in [3.05, 3.63) is 45.6 Å². The third-order valence-electron chi connectivity index (χ3n) is 4.83. The summed E-state index contributed by atoms with van der Waals surface area (Å²) >= 11 is 0. The van der Waals surface area contributed by atoms with Gasteiger partial charge in [-0.15, -0.1) is 0 Å². The number of anilines is 1. The first-order chi connectivity index (χ1) is 13.5. The van der Waals surface area contributed by atoms with E-state index in [1.54, 1.807) is 29.8 Å². The van der Waals surface area contributed by atoms with Crippen molar-refractivity contribution in [2.45, 2.75) is 45.7 Å². The molecule has 0 aliphatic carbocycles. The SMILES string of the molecule is CNC(=O)c1ccc(NC(=O)NCCCn2nc3n(c2=O)CCCC3)c(C)c1. The van der Waals surface area contributed by atoms with Gasteiger partial charge in [0.15, 0.2) is 0 Å². The first-order valence-electron chi connectivity index (χ1n) is 9.53. The zero-order valence-corrected chi connectivity index (χ0v) is 16.2. The number of hydrogen-bond acceptors (Lipinski definition) is 4. The van der Waals surface area contributed by atoms with Crippen LogP contribution in [0.2, 0.25) is 0 Å². The highest BCUT2D eigenvalue weighted by atomic mass is 16.2. The van der Waals surface area contributed by atoms with E-state index in [0.29, 0.717) is 30.8 Å². The van der Waals surface area contributed by atoms with Gasteiger partial charge in [0.25, 0.3) is 5.91 Å². The summed E-state index contributed by atoms with van der Waals surface area (Å²) in [4.78, 5) is 36.0. The summed E-state index contributed by atoms with van der Waals surface area (Å²) in [7, 11) is 1.57. The fourth-order valence-electron chi connectivity index (χ4n) is 3.28. The molecule has 3 rings (SSSR count). The van der Waals surface area contributed by atoms with Crippen LogP contribution in [0.15, 0.2) is 23.0 Å². The highest BCUT2D eigenvalue weighted by Gasteiger charge is 2.16. The molecule has 9 nitrogen and oxygen atoms in total. The largest absolute Gasteiger partial charge is 0.355 e. The summed E-state index contributed by atoms with van der Waals surface area (Å²) < 4.78 is 3.23. The lowest BCUT2D eigenvalue weighted by molar-refractivity contribution is 0.0963.